The number of anilines is 1. The minimum Gasteiger partial charge on any atom is -0.370 e. The molecule has 3 atom stereocenters. The Hall–Kier alpha value is -6.47. The first-order valence-electron chi connectivity index (χ1n) is 21.5. The maximum absolute atomic E-state index is 15.6. The van der Waals surface area contributed by atoms with Gasteiger partial charge < -0.3 is 16.0 Å². The van der Waals surface area contributed by atoms with Crippen molar-refractivity contribution in [3.8, 4) is 23.0 Å². The van der Waals surface area contributed by atoms with Gasteiger partial charge in [-0.25, -0.2) is 30.6 Å². The number of sulfonamides is 1. The zero-order valence-electron chi connectivity index (χ0n) is 38.2. The minimum atomic E-state index is -5.22. The summed E-state index contributed by atoms with van der Waals surface area (Å²) in [7, 11) is -8.69. The first-order valence-corrected chi connectivity index (χ1v) is 25.6. The fraction of sp³-hybridized carbons (Fsp3) is 0.409. The van der Waals surface area contributed by atoms with Crippen molar-refractivity contribution in [1.82, 2.24) is 34.8 Å². The Balaban J connectivity index is 1.35. The first-order chi connectivity index (χ1) is 33.6. The van der Waals surface area contributed by atoms with Crippen LogP contribution in [0, 0.1) is 40.7 Å². The molecule has 2 aromatic carbocycles. The van der Waals surface area contributed by atoms with Crippen molar-refractivity contribution in [2.45, 2.75) is 74.8 Å². The van der Waals surface area contributed by atoms with Crippen molar-refractivity contribution in [3.63, 3.8) is 0 Å². The number of nitrogens with two attached hydrogens (primary N) is 1. The average molecular weight is 1090 g/mol. The number of hydrogen-bond donors (Lipinski definition) is 3. The molecule has 1 saturated carbocycles. The Bertz CT molecular complexity index is 3430. The molecule has 3 aliphatic rings. The molecule has 2 amide bonds. The lowest BCUT2D eigenvalue weighted by Gasteiger charge is -2.39. The number of carbonyl (C=O) groups excluding carboxylic acids is 2. The Morgan fingerprint density at radius 2 is 1.60 bits per heavy atom. The molecule has 0 bridgehead atoms. The van der Waals surface area contributed by atoms with Crippen LogP contribution in [-0.2, 0) is 61.1 Å². The minimum absolute atomic E-state index is 0.145. The van der Waals surface area contributed by atoms with Gasteiger partial charge in [0.05, 0.1) is 39.8 Å². The highest BCUT2D eigenvalue weighted by atomic mass is 35.5. The summed E-state index contributed by atoms with van der Waals surface area (Å²) in [5.41, 5.74) is -0.362. The third-order valence-electron chi connectivity index (χ3n) is 12.6. The second-order valence-electron chi connectivity index (χ2n) is 18.4. The van der Waals surface area contributed by atoms with Gasteiger partial charge in [-0.1, -0.05) is 23.6 Å². The zero-order chi connectivity index (χ0) is 53.9. The number of fused-ring (bicyclic) bond motifs is 4. The topological polar surface area (TPSA) is 219 Å². The van der Waals surface area contributed by atoms with Gasteiger partial charge in [0.25, 0.3) is 5.92 Å². The monoisotopic (exact) mass is 1090 g/mol. The third-order valence-corrected chi connectivity index (χ3v) is 15.9. The number of pyridine rings is 1. The van der Waals surface area contributed by atoms with Crippen LogP contribution in [0.2, 0.25) is 5.02 Å². The summed E-state index contributed by atoms with van der Waals surface area (Å²) >= 11 is 6.67. The number of carbonyl (C=O) groups is 2. The Kier molecular flexibility index (Phi) is 12.9. The number of benzene rings is 2. The summed E-state index contributed by atoms with van der Waals surface area (Å²) in [4.78, 5) is 33.9. The number of rotatable bonds is 12. The van der Waals surface area contributed by atoms with Gasteiger partial charge in [0.15, 0.2) is 27.3 Å². The van der Waals surface area contributed by atoms with E-state index in [-0.39, 0.29) is 55.6 Å². The van der Waals surface area contributed by atoms with E-state index in [2.05, 4.69) is 32.3 Å². The van der Waals surface area contributed by atoms with Crippen molar-refractivity contribution < 1.29 is 70.3 Å². The van der Waals surface area contributed by atoms with Gasteiger partial charge in [-0.05, 0) is 74.4 Å². The normalized spacial score (nSPS) is 18.1. The molecule has 0 spiro atoms. The van der Waals surface area contributed by atoms with E-state index in [1.54, 1.807) is 0 Å². The van der Waals surface area contributed by atoms with Crippen molar-refractivity contribution in [1.29, 1.82) is 5.41 Å². The van der Waals surface area contributed by atoms with Crippen LogP contribution in [0.4, 0.5) is 49.7 Å². The largest absolute Gasteiger partial charge is 0.435 e. The van der Waals surface area contributed by atoms with E-state index in [4.69, 9.17) is 22.7 Å². The number of nitrogens with zero attached hydrogens (tertiary/aromatic N) is 7. The molecule has 29 heteroatoms. The molecule has 390 valence electrons. The number of aromatic nitrogens is 5. The van der Waals surface area contributed by atoms with Crippen molar-refractivity contribution in [2.75, 3.05) is 29.9 Å². The van der Waals surface area contributed by atoms with Gasteiger partial charge in [0.1, 0.15) is 40.9 Å². The standard InChI is InChI=1S/C44H39ClF10N10O6S2/c1-41(2,72(3,68)69)10-9-24-5-6-25(26-7-8-29(45)33-35(26)64(19-42(48,49)50)61-38(33)65(73(4,70)71)39(67)21-16-62(17-21)40(56)57)34(58-24)30(13-20-11-22(46)14-23(47)12-20)59-31(66)18-63-37-32(36(60-63)44(53,54)55)27-15-28(27)43(37,51)52/h5-8,11-12,14,21,27-28,30H,13,15-19H2,1-4H3,(H3,56,57)(H,59,66)/t27-,28+,30?/m0/s1. The van der Waals surface area contributed by atoms with Crippen LogP contribution in [0.15, 0.2) is 42.5 Å². The summed E-state index contributed by atoms with van der Waals surface area (Å²) in [5, 5.41) is 16.4. The molecule has 16 nitrogen and oxygen atoms in total. The fourth-order valence-corrected chi connectivity index (χ4v) is 10.2. The van der Waals surface area contributed by atoms with Gasteiger partial charge in [0, 0.05) is 48.0 Å². The summed E-state index contributed by atoms with van der Waals surface area (Å²) in [5.74, 6) is -8.78. The predicted molar refractivity (Wildman–Crippen MR) is 242 cm³/mol. The van der Waals surface area contributed by atoms with Gasteiger partial charge in [-0.15, -0.1) is 0 Å². The number of guanidine groups is 1. The highest BCUT2D eigenvalue weighted by Crippen LogP contribution is 2.68. The molecule has 1 aliphatic heterocycles. The second-order valence-corrected chi connectivity index (χ2v) is 23.2. The molecule has 73 heavy (non-hydrogen) atoms. The summed E-state index contributed by atoms with van der Waals surface area (Å²) < 4.78 is 198. The summed E-state index contributed by atoms with van der Waals surface area (Å²) in [6.07, 6.45) is -9.89. The molecule has 5 aromatic rings. The Morgan fingerprint density at radius 3 is 2.18 bits per heavy atom. The molecule has 1 unspecified atom stereocenters. The fourth-order valence-electron chi connectivity index (χ4n) is 8.82. The molecular weight excluding hydrogens is 1050 g/mol. The van der Waals surface area contributed by atoms with Gasteiger partial charge in [-0.3, -0.25) is 24.4 Å². The van der Waals surface area contributed by atoms with E-state index < -0.39 is 160 Å². The number of hydrogen-bond acceptors (Lipinski definition) is 10. The molecule has 3 aromatic heterocycles. The quantitative estimate of drug-likeness (QED) is 0.0537. The van der Waals surface area contributed by atoms with Crippen molar-refractivity contribution in [2.24, 2.45) is 17.6 Å². The van der Waals surface area contributed by atoms with E-state index in [0.29, 0.717) is 12.3 Å². The van der Waals surface area contributed by atoms with E-state index in [0.717, 1.165) is 42.7 Å². The van der Waals surface area contributed by atoms with Crippen LogP contribution < -0.4 is 15.4 Å². The highest BCUT2D eigenvalue weighted by molar-refractivity contribution is 7.93. The lowest BCUT2D eigenvalue weighted by molar-refractivity contribution is -0.143. The van der Waals surface area contributed by atoms with Crippen molar-refractivity contribution in [3.05, 3.63) is 93.0 Å². The van der Waals surface area contributed by atoms with E-state index in [9.17, 15) is 61.5 Å². The number of sulfone groups is 1. The number of halogens is 11. The summed E-state index contributed by atoms with van der Waals surface area (Å²) in [6.45, 7) is -1.32. The number of alkyl halides is 8. The number of nitrogens with one attached hydrogen (secondary N) is 2. The van der Waals surface area contributed by atoms with Crippen LogP contribution in [0.25, 0.3) is 22.0 Å². The zero-order valence-corrected chi connectivity index (χ0v) is 40.6. The van der Waals surface area contributed by atoms with E-state index in [1.165, 1.54) is 18.7 Å². The first kappa shape index (κ1) is 52.8. The van der Waals surface area contributed by atoms with Gasteiger partial charge in [-0.2, -0.15) is 49.6 Å². The van der Waals surface area contributed by atoms with Crippen LogP contribution in [0.3, 0.4) is 0 Å². The van der Waals surface area contributed by atoms with Crippen LogP contribution in [0.1, 0.15) is 66.1 Å². The number of amides is 2. The molecular formula is C44H39ClF10N10O6S2. The summed E-state index contributed by atoms with van der Waals surface area (Å²) in [6, 6.07) is 4.81. The second kappa shape index (κ2) is 17.9. The maximum atomic E-state index is 15.6. The molecule has 2 fully saturated rings. The molecule has 4 N–H and O–H groups in total. The SMILES string of the molecule is CC(C)(C#Cc1ccc(-c2ccc(Cl)c3c(N(C(=O)C4CN(C(=N)N)C4)S(C)(=O)=O)nn(CC(F)(F)F)c23)c(C(Cc2cc(F)cc(F)c2)NC(=O)Cn2nc(C(F)(F)F)c3c2C(F)(F)[C@@H]2C[C@H]32)n1)S(C)(=O)=O. The third kappa shape index (κ3) is 10.1. The average Bonchev–Trinajstić information content (AvgIpc) is 3.73. The van der Waals surface area contributed by atoms with E-state index >= 15 is 8.78 Å². The molecule has 1 saturated heterocycles. The van der Waals surface area contributed by atoms with E-state index in [1.807, 2.05) is 0 Å². The van der Waals surface area contributed by atoms with Gasteiger partial charge >= 0.3 is 12.4 Å². The molecule has 2 aliphatic carbocycles. The maximum Gasteiger partial charge on any atom is 0.435 e. The molecule has 8 rings (SSSR count). The lowest BCUT2D eigenvalue weighted by Crippen LogP contribution is -2.58. The molecule has 4 heterocycles. The van der Waals surface area contributed by atoms with Crippen molar-refractivity contribution >= 4 is 66.0 Å². The predicted octanol–water partition coefficient (Wildman–Crippen LogP) is 6.41. The molecule has 0 radical (unpaired) electrons. The highest BCUT2D eigenvalue weighted by Gasteiger charge is 2.68. The number of likely N-dealkylation sites (tertiary alicyclic amines) is 1. The van der Waals surface area contributed by atoms with Crippen LogP contribution >= 0.6 is 11.6 Å². The Morgan fingerprint density at radius 1 is 0.973 bits per heavy atom. The smallest absolute Gasteiger partial charge is 0.370 e. The Labute approximate surface area is 413 Å². The van der Waals surface area contributed by atoms with Gasteiger partial charge in [0.2, 0.25) is 21.8 Å². The van der Waals surface area contributed by atoms with Crippen LogP contribution in [-0.4, -0.2) is 101 Å². The van der Waals surface area contributed by atoms with Crippen LogP contribution in [0.5, 0.6) is 0 Å². The lowest BCUT2D eigenvalue weighted by atomic mass is 9.93.